The van der Waals surface area contributed by atoms with Crippen molar-refractivity contribution in [3.05, 3.63) is 104 Å². The summed E-state index contributed by atoms with van der Waals surface area (Å²) < 4.78 is 121. The SMILES string of the molecule is Cc1c(F)c(F)c(F)c(F)c1C#Cc1ccc(C#Cc2c(F)c(F)c(F)c(F)c2F)cc1. The highest BCUT2D eigenvalue weighted by Gasteiger charge is 2.24. The third kappa shape index (κ3) is 4.02. The number of benzene rings is 3. The van der Waals surface area contributed by atoms with Crippen LogP contribution in [0.4, 0.5) is 39.5 Å². The first-order chi connectivity index (χ1) is 15.0. The molecule has 0 aromatic heterocycles. The predicted octanol–water partition coefficient (Wildman–Crippen LogP) is 6.05. The average Bonchev–Trinajstić information content (AvgIpc) is 2.79. The third-order valence-corrected chi connectivity index (χ3v) is 4.26. The van der Waals surface area contributed by atoms with Gasteiger partial charge in [-0.05, 0) is 31.2 Å². The van der Waals surface area contributed by atoms with Gasteiger partial charge < -0.3 is 0 Å². The molecule has 9 heteroatoms. The van der Waals surface area contributed by atoms with Crippen molar-refractivity contribution in [2.24, 2.45) is 0 Å². The van der Waals surface area contributed by atoms with E-state index in [1.54, 1.807) is 0 Å². The second-order valence-corrected chi connectivity index (χ2v) is 6.28. The molecule has 0 aliphatic carbocycles. The van der Waals surface area contributed by atoms with E-state index in [2.05, 4.69) is 17.8 Å². The molecule has 3 aromatic rings. The molecule has 0 saturated carbocycles. The van der Waals surface area contributed by atoms with Crippen molar-refractivity contribution in [3.63, 3.8) is 0 Å². The highest BCUT2D eigenvalue weighted by molar-refractivity contribution is 5.50. The number of hydrogen-bond acceptors (Lipinski definition) is 0. The summed E-state index contributed by atoms with van der Waals surface area (Å²) in [4.78, 5) is 0. The van der Waals surface area contributed by atoms with Crippen LogP contribution in [-0.2, 0) is 0 Å². The zero-order chi connectivity index (χ0) is 23.7. The summed E-state index contributed by atoms with van der Waals surface area (Å²) in [5.41, 5.74) is -2.23. The van der Waals surface area contributed by atoms with E-state index in [-0.39, 0.29) is 11.1 Å². The molecule has 0 aliphatic rings. The van der Waals surface area contributed by atoms with Gasteiger partial charge >= 0.3 is 0 Å². The van der Waals surface area contributed by atoms with Crippen LogP contribution in [0.5, 0.6) is 0 Å². The highest BCUT2D eigenvalue weighted by Crippen LogP contribution is 2.24. The Hall–Kier alpha value is -3.85. The third-order valence-electron chi connectivity index (χ3n) is 4.26. The summed E-state index contributed by atoms with van der Waals surface area (Å²) in [7, 11) is 0. The van der Waals surface area contributed by atoms with Crippen LogP contribution in [0.2, 0.25) is 0 Å². The molecule has 0 radical (unpaired) electrons. The molecule has 0 amide bonds. The number of halogens is 9. The monoisotopic (exact) mass is 454 g/mol. The van der Waals surface area contributed by atoms with E-state index < -0.39 is 69.0 Å². The standard InChI is InChI=1S/C23H7F9/c1-10-13(16(25)20(29)19(28)15(10)24)8-6-11-2-4-12(5-3-11)7-9-14-17(26)21(30)23(32)22(31)18(14)27/h2-5H,1H3. The van der Waals surface area contributed by atoms with Gasteiger partial charge in [0.25, 0.3) is 0 Å². The fraction of sp³-hybridized carbons (Fsp3) is 0.0435. The van der Waals surface area contributed by atoms with Crippen LogP contribution in [0.3, 0.4) is 0 Å². The van der Waals surface area contributed by atoms with Crippen LogP contribution < -0.4 is 0 Å². The maximum absolute atomic E-state index is 13.8. The van der Waals surface area contributed by atoms with Gasteiger partial charge in [0.2, 0.25) is 5.82 Å². The summed E-state index contributed by atoms with van der Waals surface area (Å²) in [5.74, 6) is -9.23. The van der Waals surface area contributed by atoms with Crippen LogP contribution in [0.15, 0.2) is 24.3 Å². The minimum atomic E-state index is -2.30. The zero-order valence-electron chi connectivity index (χ0n) is 15.7. The Morgan fingerprint density at radius 3 is 1.16 bits per heavy atom. The Morgan fingerprint density at radius 2 is 0.719 bits per heavy atom. The van der Waals surface area contributed by atoms with E-state index in [0.717, 1.165) is 6.92 Å². The fourth-order valence-corrected chi connectivity index (χ4v) is 2.51. The van der Waals surface area contributed by atoms with Crippen LogP contribution in [-0.4, -0.2) is 0 Å². The second kappa shape index (κ2) is 8.72. The molecule has 0 nitrogen and oxygen atoms in total. The first kappa shape index (κ1) is 22.8. The smallest absolute Gasteiger partial charge is 0.200 e. The number of rotatable bonds is 0. The van der Waals surface area contributed by atoms with Gasteiger partial charge in [-0.1, -0.05) is 23.7 Å². The van der Waals surface area contributed by atoms with Gasteiger partial charge in [0.05, 0.1) is 5.56 Å². The van der Waals surface area contributed by atoms with Crippen molar-refractivity contribution < 1.29 is 39.5 Å². The van der Waals surface area contributed by atoms with Gasteiger partial charge in [0.1, 0.15) is 5.56 Å². The van der Waals surface area contributed by atoms with E-state index >= 15 is 0 Å². The average molecular weight is 454 g/mol. The van der Waals surface area contributed by atoms with Gasteiger partial charge in [-0.15, -0.1) is 0 Å². The maximum atomic E-state index is 13.8. The zero-order valence-corrected chi connectivity index (χ0v) is 15.7. The van der Waals surface area contributed by atoms with Crippen molar-refractivity contribution in [1.82, 2.24) is 0 Å². The molecule has 0 aliphatic heterocycles. The summed E-state index contributed by atoms with van der Waals surface area (Å²) in [6.45, 7) is 1.02. The summed E-state index contributed by atoms with van der Waals surface area (Å²) in [5, 5.41) is 0. The minimum Gasteiger partial charge on any atom is -0.203 e. The molecule has 0 unspecified atom stereocenters. The lowest BCUT2D eigenvalue weighted by Gasteiger charge is -2.05. The molecule has 0 heterocycles. The van der Waals surface area contributed by atoms with Crippen LogP contribution in [0.1, 0.15) is 27.8 Å². The Labute approximate surface area is 175 Å². The van der Waals surface area contributed by atoms with Crippen molar-refractivity contribution >= 4 is 0 Å². The Balaban J connectivity index is 1.93. The van der Waals surface area contributed by atoms with Gasteiger partial charge in [0.15, 0.2) is 46.5 Å². The molecule has 3 aromatic carbocycles. The summed E-state index contributed by atoms with van der Waals surface area (Å²) >= 11 is 0. The summed E-state index contributed by atoms with van der Waals surface area (Å²) in [6, 6.07) is 5.11. The van der Waals surface area contributed by atoms with Crippen molar-refractivity contribution in [1.29, 1.82) is 0 Å². The molecule has 0 spiro atoms. The lowest BCUT2D eigenvalue weighted by Crippen LogP contribution is -2.04. The second-order valence-electron chi connectivity index (χ2n) is 6.28. The van der Waals surface area contributed by atoms with E-state index in [1.807, 2.05) is 5.92 Å². The molecule has 162 valence electrons. The van der Waals surface area contributed by atoms with Gasteiger partial charge in [-0.25, -0.2) is 39.5 Å². The minimum absolute atomic E-state index is 0.0979. The van der Waals surface area contributed by atoms with E-state index in [4.69, 9.17) is 0 Å². The molecule has 0 bridgehead atoms. The van der Waals surface area contributed by atoms with Crippen molar-refractivity contribution in [3.8, 4) is 23.7 Å². The number of hydrogen-bond donors (Lipinski definition) is 0. The molecular weight excluding hydrogens is 447 g/mol. The predicted molar refractivity (Wildman–Crippen MR) is 95.6 cm³/mol. The van der Waals surface area contributed by atoms with Crippen LogP contribution in [0.25, 0.3) is 0 Å². The van der Waals surface area contributed by atoms with Gasteiger partial charge in [-0.2, -0.15) is 0 Å². The molecular formula is C23H7F9. The molecule has 3 rings (SSSR count). The highest BCUT2D eigenvalue weighted by atomic mass is 19.2. The topological polar surface area (TPSA) is 0 Å². The Kier molecular flexibility index (Phi) is 6.22. The van der Waals surface area contributed by atoms with Crippen LogP contribution in [0, 0.1) is 83.0 Å². The molecule has 32 heavy (non-hydrogen) atoms. The maximum Gasteiger partial charge on any atom is 0.200 e. The lowest BCUT2D eigenvalue weighted by molar-refractivity contribution is 0.376. The molecule has 0 atom stereocenters. The van der Waals surface area contributed by atoms with Crippen molar-refractivity contribution in [2.75, 3.05) is 0 Å². The fourth-order valence-electron chi connectivity index (χ4n) is 2.51. The molecule has 0 saturated heterocycles. The quantitative estimate of drug-likeness (QED) is 0.168. The molecule has 0 fully saturated rings. The van der Waals surface area contributed by atoms with Crippen LogP contribution >= 0.6 is 0 Å². The first-order valence-corrected chi connectivity index (χ1v) is 8.52. The van der Waals surface area contributed by atoms with Crippen molar-refractivity contribution in [2.45, 2.75) is 6.92 Å². The Morgan fingerprint density at radius 1 is 0.406 bits per heavy atom. The van der Waals surface area contributed by atoms with Gasteiger partial charge in [-0.3, -0.25) is 0 Å². The largest absolute Gasteiger partial charge is 0.203 e. The normalized spacial score (nSPS) is 10.3. The Bertz CT molecular complexity index is 1200. The summed E-state index contributed by atoms with van der Waals surface area (Å²) in [6.07, 6.45) is 0. The first-order valence-electron chi connectivity index (χ1n) is 8.52. The van der Waals surface area contributed by atoms with Gasteiger partial charge in [0, 0.05) is 16.7 Å². The molecule has 0 N–H and O–H groups in total. The lowest BCUT2D eigenvalue weighted by atomic mass is 10.1. The van der Waals surface area contributed by atoms with E-state index in [1.165, 1.54) is 24.3 Å². The van der Waals surface area contributed by atoms with E-state index in [0.29, 0.717) is 0 Å². The van der Waals surface area contributed by atoms with E-state index in [9.17, 15) is 39.5 Å².